The highest BCUT2D eigenvalue weighted by Gasteiger charge is 2.49. The Bertz CT molecular complexity index is 756. The maximum Gasteiger partial charge on any atom is 0.325 e. The molecule has 2 aromatic rings. The molecule has 126 valence electrons. The lowest BCUT2D eigenvalue weighted by molar-refractivity contribution is -0.131. The van der Waals surface area contributed by atoms with Gasteiger partial charge in [-0.05, 0) is 18.4 Å². The fourth-order valence-electron chi connectivity index (χ4n) is 2.75. The van der Waals surface area contributed by atoms with Crippen LogP contribution in [0.2, 0.25) is 0 Å². The third kappa shape index (κ3) is 2.89. The molecule has 1 fully saturated rings. The predicted octanol–water partition coefficient (Wildman–Crippen LogP) is 2.24. The van der Waals surface area contributed by atoms with Crippen LogP contribution in [0.25, 0.3) is 0 Å². The molecule has 0 saturated carbocycles. The molecule has 1 N–H and O–H groups in total. The SMILES string of the molecule is CC(C)Cc1noc(CN2C(=O)N[C@](C)(c3ccccc3)C2=O)n1. The highest BCUT2D eigenvalue weighted by Crippen LogP contribution is 2.29. The molecule has 1 atom stereocenters. The van der Waals surface area contributed by atoms with Gasteiger partial charge in [-0.25, -0.2) is 4.79 Å². The van der Waals surface area contributed by atoms with Gasteiger partial charge in [-0.3, -0.25) is 9.69 Å². The summed E-state index contributed by atoms with van der Waals surface area (Å²) in [6.07, 6.45) is 0.686. The fraction of sp³-hybridized carbons (Fsp3) is 0.412. The summed E-state index contributed by atoms with van der Waals surface area (Å²) in [5.41, 5.74) is -0.351. The van der Waals surface area contributed by atoms with Crippen molar-refractivity contribution in [2.45, 2.75) is 39.3 Å². The number of carbonyl (C=O) groups excluding carboxylic acids is 2. The van der Waals surface area contributed by atoms with Crippen LogP contribution in [0.5, 0.6) is 0 Å². The van der Waals surface area contributed by atoms with E-state index in [1.165, 1.54) is 0 Å². The van der Waals surface area contributed by atoms with Gasteiger partial charge >= 0.3 is 6.03 Å². The van der Waals surface area contributed by atoms with E-state index in [9.17, 15) is 9.59 Å². The summed E-state index contributed by atoms with van der Waals surface area (Å²) in [6.45, 7) is 5.77. The van der Waals surface area contributed by atoms with E-state index in [4.69, 9.17) is 4.52 Å². The molecular formula is C17H20N4O3. The molecule has 0 spiro atoms. The average Bonchev–Trinajstić information content (AvgIpc) is 3.06. The number of nitrogens with zero attached hydrogens (tertiary/aromatic N) is 3. The molecule has 7 heteroatoms. The van der Waals surface area contributed by atoms with Gasteiger partial charge in [0.2, 0.25) is 5.89 Å². The molecule has 0 radical (unpaired) electrons. The van der Waals surface area contributed by atoms with Gasteiger partial charge in [0.25, 0.3) is 5.91 Å². The predicted molar refractivity (Wildman–Crippen MR) is 85.7 cm³/mol. The van der Waals surface area contributed by atoms with Crippen LogP contribution in [0, 0.1) is 5.92 Å². The molecule has 3 amide bonds. The Kier molecular flexibility index (Phi) is 4.09. The van der Waals surface area contributed by atoms with Crippen molar-refractivity contribution in [2.75, 3.05) is 0 Å². The third-order valence-electron chi connectivity index (χ3n) is 4.02. The van der Waals surface area contributed by atoms with Crippen molar-refractivity contribution in [3.05, 3.63) is 47.6 Å². The molecule has 0 unspecified atom stereocenters. The number of carbonyl (C=O) groups is 2. The molecule has 1 aliphatic heterocycles. The molecule has 0 aliphatic carbocycles. The van der Waals surface area contributed by atoms with Gasteiger partial charge in [0.05, 0.1) is 0 Å². The van der Waals surface area contributed by atoms with Crippen LogP contribution >= 0.6 is 0 Å². The molecule has 1 aromatic carbocycles. The standard InChI is InChI=1S/C17H20N4O3/c1-11(2)9-13-18-14(24-20-13)10-21-15(22)17(3,19-16(21)23)12-7-5-4-6-8-12/h4-8,11H,9-10H2,1-3H3,(H,19,23)/t17-/m1/s1. The van der Waals surface area contributed by atoms with Gasteiger partial charge in [0, 0.05) is 6.42 Å². The molecule has 1 aromatic heterocycles. The van der Waals surface area contributed by atoms with E-state index in [-0.39, 0.29) is 18.3 Å². The van der Waals surface area contributed by atoms with Crippen LogP contribution in [-0.2, 0) is 23.3 Å². The number of benzene rings is 1. The van der Waals surface area contributed by atoms with Crippen molar-refractivity contribution in [3.8, 4) is 0 Å². The van der Waals surface area contributed by atoms with Crippen LogP contribution in [0.15, 0.2) is 34.9 Å². The highest BCUT2D eigenvalue weighted by atomic mass is 16.5. The zero-order valence-corrected chi connectivity index (χ0v) is 13.9. The smallest absolute Gasteiger partial charge is 0.325 e. The first-order valence-corrected chi connectivity index (χ1v) is 7.91. The van der Waals surface area contributed by atoms with Crippen LogP contribution in [0.3, 0.4) is 0 Å². The molecule has 3 rings (SSSR count). The van der Waals surface area contributed by atoms with E-state index in [1.54, 1.807) is 6.92 Å². The number of nitrogens with one attached hydrogen (secondary N) is 1. The van der Waals surface area contributed by atoms with Crippen LogP contribution in [0.1, 0.15) is 38.0 Å². The van der Waals surface area contributed by atoms with Gasteiger partial charge in [0.1, 0.15) is 12.1 Å². The van der Waals surface area contributed by atoms with E-state index < -0.39 is 11.6 Å². The summed E-state index contributed by atoms with van der Waals surface area (Å²) >= 11 is 0. The Morgan fingerprint density at radius 2 is 1.96 bits per heavy atom. The molecule has 7 nitrogen and oxygen atoms in total. The minimum atomic E-state index is -1.08. The zero-order chi connectivity index (χ0) is 17.3. The summed E-state index contributed by atoms with van der Waals surface area (Å²) in [5.74, 6) is 0.903. The Balaban J connectivity index is 1.79. The number of urea groups is 1. The lowest BCUT2D eigenvalue weighted by Gasteiger charge is -2.21. The normalized spacial score (nSPS) is 20.8. The van der Waals surface area contributed by atoms with Crippen molar-refractivity contribution in [2.24, 2.45) is 5.92 Å². The summed E-state index contributed by atoms with van der Waals surface area (Å²) in [7, 11) is 0. The second-order valence-corrected chi connectivity index (χ2v) is 6.51. The quantitative estimate of drug-likeness (QED) is 0.850. The van der Waals surface area contributed by atoms with E-state index in [2.05, 4.69) is 29.3 Å². The summed E-state index contributed by atoms with van der Waals surface area (Å²) in [6, 6.07) is 8.69. The second kappa shape index (κ2) is 6.07. The van der Waals surface area contributed by atoms with Crippen molar-refractivity contribution in [3.63, 3.8) is 0 Å². The average molecular weight is 328 g/mol. The Labute approximate surface area is 140 Å². The Morgan fingerprint density at radius 1 is 1.25 bits per heavy atom. The topological polar surface area (TPSA) is 88.3 Å². The minimum Gasteiger partial charge on any atom is -0.337 e. The number of hydrogen-bond donors (Lipinski definition) is 1. The largest absolute Gasteiger partial charge is 0.337 e. The lowest BCUT2D eigenvalue weighted by atomic mass is 9.92. The van der Waals surface area contributed by atoms with E-state index in [0.29, 0.717) is 18.2 Å². The number of rotatable bonds is 5. The molecule has 24 heavy (non-hydrogen) atoms. The van der Waals surface area contributed by atoms with Crippen molar-refractivity contribution in [1.82, 2.24) is 20.4 Å². The fourth-order valence-corrected chi connectivity index (χ4v) is 2.75. The highest BCUT2D eigenvalue weighted by molar-refractivity contribution is 6.07. The monoisotopic (exact) mass is 328 g/mol. The van der Waals surface area contributed by atoms with Crippen LogP contribution < -0.4 is 5.32 Å². The first kappa shape index (κ1) is 16.2. The first-order chi connectivity index (χ1) is 11.4. The Hall–Kier alpha value is -2.70. The van der Waals surface area contributed by atoms with Gasteiger partial charge in [-0.15, -0.1) is 0 Å². The van der Waals surface area contributed by atoms with Gasteiger partial charge in [0.15, 0.2) is 5.82 Å². The van der Waals surface area contributed by atoms with Crippen molar-refractivity contribution < 1.29 is 14.1 Å². The van der Waals surface area contributed by atoms with Gasteiger partial charge in [-0.2, -0.15) is 4.98 Å². The third-order valence-corrected chi connectivity index (χ3v) is 4.02. The molecule has 1 aliphatic rings. The minimum absolute atomic E-state index is 0.0296. The van der Waals surface area contributed by atoms with Gasteiger partial charge in [-0.1, -0.05) is 49.3 Å². The molecular weight excluding hydrogens is 308 g/mol. The van der Waals surface area contributed by atoms with E-state index in [0.717, 1.165) is 10.5 Å². The molecule has 0 bridgehead atoms. The summed E-state index contributed by atoms with van der Waals surface area (Å²) in [4.78, 5) is 30.4. The maximum atomic E-state index is 12.8. The first-order valence-electron chi connectivity index (χ1n) is 7.91. The number of hydrogen-bond acceptors (Lipinski definition) is 5. The maximum absolute atomic E-state index is 12.8. The van der Waals surface area contributed by atoms with E-state index >= 15 is 0 Å². The van der Waals surface area contributed by atoms with Crippen LogP contribution in [-0.4, -0.2) is 27.0 Å². The second-order valence-electron chi connectivity index (χ2n) is 6.51. The molecule has 1 saturated heterocycles. The van der Waals surface area contributed by atoms with Crippen molar-refractivity contribution >= 4 is 11.9 Å². The number of amides is 3. The summed E-state index contributed by atoms with van der Waals surface area (Å²) < 4.78 is 5.16. The number of imide groups is 1. The Morgan fingerprint density at radius 3 is 2.62 bits per heavy atom. The van der Waals surface area contributed by atoms with Gasteiger partial charge < -0.3 is 9.84 Å². The molecule has 2 heterocycles. The summed E-state index contributed by atoms with van der Waals surface area (Å²) in [5, 5.41) is 6.64. The lowest BCUT2D eigenvalue weighted by Crippen LogP contribution is -2.40. The zero-order valence-electron chi connectivity index (χ0n) is 13.9. The van der Waals surface area contributed by atoms with Crippen molar-refractivity contribution in [1.29, 1.82) is 0 Å². The van der Waals surface area contributed by atoms with E-state index in [1.807, 2.05) is 30.3 Å². The van der Waals surface area contributed by atoms with Crippen LogP contribution in [0.4, 0.5) is 4.79 Å². The number of aromatic nitrogens is 2.